The maximum Gasteiger partial charge on any atom is 0.251 e. The minimum atomic E-state index is -0.0660. The standard InChI is InChI=1S/C11H12N2OS/c1-8-7-11(14)13-10(12-8)5-4-9-3-2-6-15-9/h2-3,6-7H,4-5H2,1H3,(H,12,13,14). The van der Waals surface area contributed by atoms with Crippen LogP contribution in [0, 0.1) is 6.92 Å². The number of aryl methyl sites for hydroxylation is 3. The second-order valence-electron chi connectivity index (χ2n) is 3.41. The molecule has 4 heteroatoms. The molecule has 15 heavy (non-hydrogen) atoms. The molecule has 2 aromatic rings. The van der Waals surface area contributed by atoms with Gasteiger partial charge in [-0.15, -0.1) is 11.3 Å². The summed E-state index contributed by atoms with van der Waals surface area (Å²) >= 11 is 1.73. The number of aromatic amines is 1. The van der Waals surface area contributed by atoms with E-state index in [1.165, 1.54) is 10.9 Å². The van der Waals surface area contributed by atoms with Crippen molar-refractivity contribution < 1.29 is 0 Å². The molecular formula is C11H12N2OS. The third kappa shape index (κ3) is 2.76. The Balaban J connectivity index is 2.08. The van der Waals surface area contributed by atoms with E-state index in [-0.39, 0.29) is 5.56 Å². The van der Waals surface area contributed by atoms with Crippen molar-refractivity contribution in [1.82, 2.24) is 9.97 Å². The lowest BCUT2D eigenvalue weighted by atomic mass is 10.2. The van der Waals surface area contributed by atoms with Crippen molar-refractivity contribution in [3.05, 3.63) is 50.3 Å². The van der Waals surface area contributed by atoms with Gasteiger partial charge in [-0.05, 0) is 24.8 Å². The first-order valence-electron chi connectivity index (χ1n) is 4.83. The van der Waals surface area contributed by atoms with E-state index in [4.69, 9.17) is 0 Å². The minimum Gasteiger partial charge on any atom is -0.311 e. The number of hydrogen-bond donors (Lipinski definition) is 1. The quantitative estimate of drug-likeness (QED) is 0.859. The minimum absolute atomic E-state index is 0.0660. The molecule has 0 aliphatic carbocycles. The normalized spacial score (nSPS) is 10.5. The van der Waals surface area contributed by atoms with E-state index < -0.39 is 0 Å². The molecule has 0 atom stereocenters. The van der Waals surface area contributed by atoms with Crippen molar-refractivity contribution in [3.8, 4) is 0 Å². The fourth-order valence-electron chi connectivity index (χ4n) is 1.46. The van der Waals surface area contributed by atoms with Crippen molar-refractivity contribution in [3.63, 3.8) is 0 Å². The SMILES string of the molecule is Cc1cc(=O)[nH]c(CCc2cccs2)n1. The number of aromatic nitrogens is 2. The number of rotatable bonds is 3. The summed E-state index contributed by atoms with van der Waals surface area (Å²) in [6, 6.07) is 5.64. The van der Waals surface area contributed by atoms with Gasteiger partial charge in [0.25, 0.3) is 5.56 Å². The number of nitrogens with one attached hydrogen (secondary N) is 1. The average molecular weight is 220 g/mol. The molecule has 0 saturated carbocycles. The zero-order valence-corrected chi connectivity index (χ0v) is 9.30. The molecule has 0 fully saturated rings. The fraction of sp³-hybridized carbons (Fsp3) is 0.273. The van der Waals surface area contributed by atoms with Crippen molar-refractivity contribution in [2.45, 2.75) is 19.8 Å². The van der Waals surface area contributed by atoms with Crippen LogP contribution in [0.15, 0.2) is 28.4 Å². The van der Waals surface area contributed by atoms with Crippen LogP contribution in [0.25, 0.3) is 0 Å². The van der Waals surface area contributed by atoms with Gasteiger partial charge in [-0.3, -0.25) is 4.79 Å². The molecule has 0 aliphatic heterocycles. The van der Waals surface area contributed by atoms with Gasteiger partial charge < -0.3 is 4.98 Å². The number of nitrogens with zero attached hydrogens (tertiary/aromatic N) is 1. The summed E-state index contributed by atoms with van der Waals surface area (Å²) in [4.78, 5) is 19.5. The van der Waals surface area contributed by atoms with Crippen molar-refractivity contribution in [2.75, 3.05) is 0 Å². The molecule has 2 rings (SSSR count). The van der Waals surface area contributed by atoms with Crippen LogP contribution in [0.2, 0.25) is 0 Å². The first-order valence-corrected chi connectivity index (χ1v) is 5.71. The predicted octanol–water partition coefficient (Wildman–Crippen LogP) is 1.93. The monoisotopic (exact) mass is 220 g/mol. The average Bonchev–Trinajstić information content (AvgIpc) is 2.65. The van der Waals surface area contributed by atoms with Crippen LogP contribution in [0.4, 0.5) is 0 Å². The molecular weight excluding hydrogens is 208 g/mol. The van der Waals surface area contributed by atoms with Gasteiger partial charge in [0.2, 0.25) is 0 Å². The van der Waals surface area contributed by atoms with Gasteiger partial charge in [0, 0.05) is 23.1 Å². The van der Waals surface area contributed by atoms with Crippen LogP contribution in [-0.2, 0) is 12.8 Å². The summed E-state index contributed by atoms with van der Waals surface area (Å²) in [5.74, 6) is 0.772. The van der Waals surface area contributed by atoms with Crippen molar-refractivity contribution in [2.24, 2.45) is 0 Å². The van der Waals surface area contributed by atoms with E-state index in [0.29, 0.717) is 0 Å². The zero-order chi connectivity index (χ0) is 10.7. The van der Waals surface area contributed by atoms with Crippen LogP contribution in [0.3, 0.4) is 0 Å². The fourth-order valence-corrected chi connectivity index (χ4v) is 2.16. The van der Waals surface area contributed by atoms with Crippen molar-refractivity contribution >= 4 is 11.3 Å². The topological polar surface area (TPSA) is 45.8 Å². The lowest BCUT2D eigenvalue weighted by Crippen LogP contribution is -2.11. The molecule has 0 saturated heterocycles. The summed E-state index contributed by atoms with van der Waals surface area (Å²) < 4.78 is 0. The smallest absolute Gasteiger partial charge is 0.251 e. The largest absolute Gasteiger partial charge is 0.311 e. The Kier molecular flexibility index (Phi) is 2.97. The zero-order valence-electron chi connectivity index (χ0n) is 8.49. The third-order valence-electron chi connectivity index (χ3n) is 2.11. The van der Waals surface area contributed by atoms with E-state index in [1.807, 2.05) is 13.0 Å². The third-order valence-corrected chi connectivity index (χ3v) is 3.04. The van der Waals surface area contributed by atoms with Crippen LogP contribution in [0.1, 0.15) is 16.4 Å². The molecule has 0 unspecified atom stereocenters. The van der Waals surface area contributed by atoms with Crippen LogP contribution < -0.4 is 5.56 Å². The Labute approximate surface area is 91.8 Å². The summed E-state index contributed by atoms with van der Waals surface area (Å²) in [6.07, 6.45) is 1.72. The van der Waals surface area contributed by atoms with E-state index in [1.54, 1.807) is 11.3 Å². The maximum absolute atomic E-state index is 11.2. The van der Waals surface area contributed by atoms with Crippen molar-refractivity contribution in [1.29, 1.82) is 0 Å². The van der Waals surface area contributed by atoms with Gasteiger partial charge in [0.05, 0.1) is 0 Å². The van der Waals surface area contributed by atoms with Gasteiger partial charge in [-0.1, -0.05) is 6.07 Å². The molecule has 3 nitrogen and oxygen atoms in total. The van der Waals surface area contributed by atoms with E-state index in [2.05, 4.69) is 21.4 Å². The first-order chi connectivity index (χ1) is 7.24. The molecule has 0 radical (unpaired) electrons. The van der Waals surface area contributed by atoms with Crippen LogP contribution in [0.5, 0.6) is 0 Å². The molecule has 78 valence electrons. The molecule has 0 amide bonds. The molecule has 0 aliphatic rings. The number of thiophene rings is 1. The predicted molar refractivity (Wildman–Crippen MR) is 61.3 cm³/mol. The molecule has 0 aromatic carbocycles. The van der Waals surface area contributed by atoms with Gasteiger partial charge in [-0.2, -0.15) is 0 Å². The Morgan fingerprint density at radius 3 is 3.00 bits per heavy atom. The summed E-state index contributed by atoms with van der Waals surface area (Å²) in [5, 5.41) is 2.06. The number of H-pyrrole nitrogens is 1. The molecule has 2 aromatic heterocycles. The second kappa shape index (κ2) is 4.40. The Morgan fingerprint density at radius 1 is 1.47 bits per heavy atom. The molecule has 0 spiro atoms. The molecule has 1 N–H and O–H groups in total. The summed E-state index contributed by atoms with van der Waals surface area (Å²) in [7, 11) is 0. The second-order valence-corrected chi connectivity index (χ2v) is 4.45. The number of hydrogen-bond acceptors (Lipinski definition) is 3. The van der Waals surface area contributed by atoms with E-state index >= 15 is 0 Å². The highest BCUT2D eigenvalue weighted by Gasteiger charge is 2.00. The van der Waals surface area contributed by atoms with Gasteiger partial charge in [0.1, 0.15) is 5.82 Å². The Hall–Kier alpha value is -1.42. The van der Waals surface area contributed by atoms with Gasteiger partial charge in [-0.25, -0.2) is 4.98 Å². The maximum atomic E-state index is 11.2. The highest BCUT2D eigenvalue weighted by Crippen LogP contribution is 2.10. The summed E-state index contributed by atoms with van der Waals surface area (Å²) in [5.41, 5.74) is 0.712. The van der Waals surface area contributed by atoms with Gasteiger partial charge in [0.15, 0.2) is 0 Å². The lowest BCUT2D eigenvalue weighted by Gasteiger charge is -1.99. The van der Waals surface area contributed by atoms with Gasteiger partial charge >= 0.3 is 0 Å². The lowest BCUT2D eigenvalue weighted by molar-refractivity contribution is 0.843. The first kappa shape index (κ1) is 10.1. The Bertz CT molecular complexity index is 488. The summed E-state index contributed by atoms with van der Waals surface area (Å²) in [6.45, 7) is 1.84. The van der Waals surface area contributed by atoms with Crippen LogP contribution in [-0.4, -0.2) is 9.97 Å². The highest BCUT2D eigenvalue weighted by molar-refractivity contribution is 7.09. The molecule has 0 bridgehead atoms. The highest BCUT2D eigenvalue weighted by atomic mass is 32.1. The van der Waals surface area contributed by atoms with Crippen LogP contribution >= 0.6 is 11.3 Å². The Morgan fingerprint density at radius 2 is 2.33 bits per heavy atom. The van der Waals surface area contributed by atoms with E-state index in [0.717, 1.165) is 24.4 Å². The van der Waals surface area contributed by atoms with E-state index in [9.17, 15) is 4.79 Å². The molecule has 2 heterocycles.